The molecular formula is C22H25N3O3S2. The van der Waals surface area contributed by atoms with Gasteiger partial charge in [-0.3, -0.25) is 9.36 Å². The molecule has 0 unspecified atom stereocenters. The highest BCUT2D eigenvalue weighted by molar-refractivity contribution is 7.99. The van der Waals surface area contributed by atoms with E-state index in [1.165, 1.54) is 17.3 Å². The maximum atomic E-state index is 12.9. The van der Waals surface area contributed by atoms with Crippen LogP contribution in [0, 0.1) is 6.92 Å². The number of carbonyl (C=O) groups is 1. The van der Waals surface area contributed by atoms with Gasteiger partial charge in [-0.2, -0.15) is 0 Å². The second kappa shape index (κ2) is 8.43. The lowest BCUT2D eigenvalue weighted by atomic mass is 10.2. The van der Waals surface area contributed by atoms with Gasteiger partial charge in [0.2, 0.25) is 5.91 Å². The third-order valence-corrected chi connectivity index (χ3v) is 8.13. The van der Waals surface area contributed by atoms with Crippen molar-refractivity contribution in [2.24, 2.45) is 0 Å². The number of amides is 1. The Morgan fingerprint density at radius 2 is 1.93 bits per heavy atom. The number of aromatic nitrogens is 2. The summed E-state index contributed by atoms with van der Waals surface area (Å²) in [5.41, 5.74) is 4.05. The molecular weight excluding hydrogens is 418 g/mol. The van der Waals surface area contributed by atoms with Crippen molar-refractivity contribution in [2.75, 3.05) is 23.8 Å². The molecule has 3 aromatic rings. The molecule has 1 saturated heterocycles. The molecule has 1 aromatic heterocycles. The number of nitrogens with zero attached hydrogens (tertiary/aromatic N) is 3. The Morgan fingerprint density at radius 1 is 1.20 bits per heavy atom. The van der Waals surface area contributed by atoms with Gasteiger partial charge in [-0.25, -0.2) is 13.4 Å². The zero-order valence-corrected chi connectivity index (χ0v) is 18.7. The molecule has 1 amide bonds. The van der Waals surface area contributed by atoms with Crippen LogP contribution in [0.25, 0.3) is 16.7 Å². The van der Waals surface area contributed by atoms with E-state index in [4.69, 9.17) is 4.98 Å². The molecule has 0 N–H and O–H groups in total. The molecule has 6 nitrogen and oxygen atoms in total. The number of fused-ring (bicyclic) bond motifs is 1. The first-order valence-electron chi connectivity index (χ1n) is 10.0. The predicted octanol–water partition coefficient (Wildman–Crippen LogP) is 3.46. The van der Waals surface area contributed by atoms with Crippen LogP contribution in [0.15, 0.2) is 53.7 Å². The SMILES string of the molecule is CCN(C(=O)CSc1nc2ccccc2n1-c1ccc(C)cc1)[C@@H]1CCS(=O)(=O)C1. The van der Waals surface area contributed by atoms with Crippen molar-refractivity contribution in [3.05, 3.63) is 54.1 Å². The van der Waals surface area contributed by atoms with Gasteiger partial charge in [-0.05, 0) is 44.5 Å². The molecule has 2 aromatic carbocycles. The smallest absolute Gasteiger partial charge is 0.233 e. The Morgan fingerprint density at radius 3 is 2.60 bits per heavy atom. The van der Waals surface area contributed by atoms with Gasteiger partial charge in [0.05, 0.1) is 28.3 Å². The van der Waals surface area contributed by atoms with Crippen molar-refractivity contribution in [3.8, 4) is 5.69 Å². The number of carbonyl (C=O) groups excluding carboxylic acids is 1. The van der Waals surface area contributed by atoms with Crippen LogP contribution in [0.1, 0.15) is 18.9 Å². The number of hydrogen-bond acceptors (Lipinski definition) is 5. The predicted molar refractivity (Wildman–Crippen MR) is 121 cm³/mol. The minimum absolute atomic E-state index is 0.0490. The lowest BCUT2D eigenvalue weighted by Crippen LogP contribution is -2.42. The van der Waals surface area contributed by atoms with Gasteiger partial charge in [0, 0.05) is 18.3 Å². The van der Waals surface area contributed by atoms with E-state index in [1.807, 2.05) is 38.1 Å². The van der Waals surface area contributed by atoms with Crippen LogP contribution in [0.2, 0.25) is 0 Å². The summed E-state index contributed by atoms with van der Waals surface area (Å²) in [4.78, 5) is 19.4. The van der Waals surface area contributed by atoms with Crippen LogP contribution in [-0.2, 0) is 14.6 Å². The van der Waals surface area contributed by atoms with Gasteiger partial charge in [-0.15, -0.1) is 0 Å². The summed E-state index contributed by atoms with van der Waals surface area (Å²) in [5.74, 6) is 0.406. The Bertz CT molecular complexity index is 1170. The maximum absolute atomic E-state index is 12.9. The van der Waals surface area contributed by atoms with E-state index < -0.39 is 9.84 Å². The van der Waals surface area contributed by atoms with Crippen molar-refractivity contribution in [1.82, 2.24) is 14.5 Å². The lowest BCUT2D eigenvalue weighted by molar-refractivity contribution is -0.129. The molecule has 0 bridgehead atoms. The summed E-state index contributed by atoms with van der Waals surface area (Å²) < 4.78 is 25.7. The van der Waals surface area contributed by atoms with Crippen LogP contribution in [0.3, 0.4) is 0 Å². The number of thioether (sulfide) groups is 1. The van der Waals surface area contributed by atoms with Gasteiger partial charge in [0.15, 0.2) is 15.0 Å². The van der Waals surface area contributed by atoms with Crippen LogP contribution >= 0.6 is 11.8 Å². The van der Waals surface area contributed by atoms with Crippen molar-refractivity contribution < 1.29 is 13.2 Å². The third-order valence-electron chi connectivity index (χ3n) is 5.46. The molecule has 1 atom stereocenters. The summed E-state index contributed by atoms with van der Waals surface area (Å²) in [6, 6.07) is 15.9. The number of benzene rings is 2. The summed E-state index contributed by atoms with van der Waals surface area (Å²) >= 11 is 1.39. The molecule has 158 valence electrons. The number of sulfone groups is 1. The van der Waals surface area contributed by atoms with Crippen LogP contribution in [0.4, 0.5) is 0 Å². The molecule has 0 spiro atoms. The fraction of sp³-hybridized carbons (Fsp3) is 0.364. The van der Waals surface area contributed by atoms with Crippen molar-refractivity contribution in [2.45, 2.75) is 31.5 Å². The molecule has 0 radical (unpaired) electrons. The van der Waals surface area contributed by atoms with Crippen molar-refractivity contribution in [1.29, 1.82) is 0 Å². The molecule has 1 aliphatic heterocycles. The number of rotatable bonds is 6. The van der Waals surface area contributed by atoms with E-state index in [-0.39, 0.29) is 29.2 Å². The van der Waals surface area contributed by atoms with Gasteiger partial charge < -0.3 is 4.90 Å². The lowest BCUT2D eigenvalue weighted by Gasteiger charge is -2.26. The second-order valence-electron chi connectivity index (χ2n) is 7.58. The maximum Gasteiger partial charge on any atom is 0.233 e. The molecule has 0 saturated carbocycles. The summed E-state index contributed by atoms with van der Waals surface area (Å²) in [5, 5.41) is 0.753. The molecule has 0 aliphatic carbocycles. The molecule has 8 heteroatoms. The summed E-state index contributed by atoms with van der Waals surface area (Å²) in [6.07, 6.45) is 0.522. The fourth-order valence-corrected chi connectivity index (χ4v) is 6.56. The Balaban J connectivity index is 1.58. The van der Waals surface area contributed by atoms with Gasteiger partial charge in [0.1, 0.15) is 0 Å². The van der Waals surface area contributed by atoms with Crippen LogP contribution in [0.5, 0.6) is 0 Å². The van der Waals surface area contributed by atoms with E-state index in [1.54, 1.807) is 4.90 Å². The monoisotopic (exact) mass is 443 g/mol. The Hall–Kier alpha value is -2.32. The zero-order valence-electron chi connectivity index (χ0n) is 17.1. The number of imidazole rings is 1. The first-order chi connectivity index (χ1) is 14.4. The topological polar surface area (TPSA) is 72.3 Å². The van der Waals surface area contributed by atoms with E-state index in [0.717, 1.165) is 21.9 Å². The number of para-hydroxylation sites is 2. The minimum Gasteiger partial charge on any atom is -0.338 e. The van der Waals surface area contributed by atoms with Gasteiger partial charge in [0.25, 0.3) is 0 Å². The average Bonchev–Trinajstić information content (AvgIpc) is 3.27. The Kier molecular flexibility index (Phi) is 5.88. The first-order valence-corrected chi connectivity index (χ1v) is 12.9. The van der Waals surface area contributed by atoms with E-state index >= 15 is 0 Å². The highest BCUT2D eigenvalue weighted by Gasteiger charge is 2.33. The first kappa shape index (κ1) is 20.9. The highest BCUT2D eigenvalue weighted by Crippen LogP contribution is 2.29. The number of aryl methyl sites for hydroxylation is 1. The second-order valence-corrected chi connectivity index (χ2v) is 10.8. The average molecular weight is 444 g/mol. The van der Waals surface area contributed by atoms with Gasteiger partial charge >= 0.3 is 0 Å². The van der Waals surface area contributed by atoms with Crippen molar-refractivity contribution >= 4 is 38.5 Å². The van der Waals surface area contributed by atoms with Crippen LogP contribution in [-0.4, -0.2) is 58.6 Å². The number of hydrogen-bond donors (Lipinski definition) is 0. The van der Waals surface area contributed by atoms with E-state index in [2.05, 4.69) is 28.8 Å². The molecule has 2 heterocycles. The largest absolute Gasteiger partial charge is 0.338 e. The fourth-order valence-electron chi connectivity index (χ4n) is 3.91. The van der Waals surface area contributed by atoms with Crippen LogP contribution < -0.4 is 0 Å². The summed E-state index contributed by atoms with van der Waals surface area (Å²) in [7, 11) is -3.03. The highest BCUT2D eigenvalue weighted by atomic mass is 32.2. The molecule has 1 aliphatic rings. The van der Waals surface area contributed by atoms with E-state index in [0.29, 0.717) is 13.0 Å². The quantitative estimate of drug-likeness (QED) is 0.546. The molecule has 4 rings (SSSR count). The van der Waals surface area contributed by atoms with Gasteiger partial charge in [-0.1, -0.05) is 41.6 Å². The summed E-state index contributed by atoms with van der Waals surface area (Å²) in [6.45, 7) is 4.45. The van der Waals surface area contributed by atoms with E-state index in [9.17, 15) is 13.2 Å². The standard InChI is InChI=1S/C22H25N3O3S2/c1-3-24(18-12-13-30(27,28)15-18)21(26)14-29-22-23-19-6-4-5-7-20(19)25(22)17-10-8-16(2)9-11-17/h4-11,18H,3,12-15H2,1-2H3/t18-/m1/s1. The minimum atomic E-state index is -3.03. The molecule has 1 fully saturated rings. The zero-order chi connectivity index (χ0) is 21.3. The molecule has 30 heavy (non-hydrogen) atoms. The van der Waals surface area contributed by atoms with Crippen molar-refractivity contribution in [3.63, 3.8) is 0 Å². The Labute approximate surface area is 181 Å². The third kappa shape index (κ3) is 4.25. The normalized spacial score (nSPS) is 18.0.